The van der Waals surface area contributed by atoms with E-state index in [1.807, 2.05) is 55.6 Å². The van der Waals surface area contributed by atoms with Crippen LogP contribution < -0.4 is 4.72 Å². The molecule has 0 aliphatic carbocycles. The van der Waals surface area contributed by atoms with Crippen molar-refractivity contribution in [1.82, 2.24) is 9.62 Å². The average molecular weight is 354 g/mol. The van der Waals surface area contributed by atoms with E-state index in [2.05, 4.69) is 33.6 Å². The zero-order valence-corrected chi connectivity index (χ0v) is 15.0. The van der Waals surface area contributed by atoms with Crippen molar-refractivity contribution in [3.8, 4) is 11.8 Å². The van der Waals surface area contributed by atoms with Crippen LogP contribution in [0.4, 0.5) is 0 Å². The highest BCUT2D eigenvalue weighted by atomic mass is 32.2. The third-order valence-electron chi connectivity index (χ3n) is 3.37. The Morgan fingerprint density at radius 3 is 2.32 bits per heavy atom. The summed E-state index contributed by atoms with van der Waals surface area (Å²) in [5.41, 5.74) is 2.06. The summed E-state index contributed by atoms with van der Waals surface area (Å²) in [6.45, 7) is 1.48. The molecule has 0 unspecified atom stereocenters. The number of nitrogens with one attached hydrogen (secondary N) is 1. The second-order valence-electron chi connectivity index (χ2n) is 5.59. The van der Waals surface area contributed by atoms with Crippen molar-refractivity contribution in [3.63, 3.8) is 0 Å². The van der Waals surface area contributed by atoms with Gasteiger partial charge in [-0.1, -0.05) is 72.5 Å². The maximum Gasteiger partial charge on any atom is 0.234 e. The normalized spacial score (nSPS) is 11.4. The summed E-state index contributed by atoms with van der Waals surface area (Å²) >= 11 is 0. The van der Waals surface area contributed by atoms with Crippen molar-refractivity contribution in [2.24, 2.45) is 0 Å². The smallest absolute Gasteiger partial charge is 0.234 e. The van der Waals surface area contributed by atoms with E-state index in [1.54, 1.807) is 6.08 Å². The number of benzene rings is 2. The molecule has 0 aliphatic heterocycles. The molecule has 0 atom stereocenters. The molecular weight excluding hydrogens is 332 g/mol. The molecule has 0 fully saturated rings. The predicted octanol–water partition coefficient (Wildman–Crippen LogP) is 2.71. The maximum absolute atomic E-state index is 11.9. The highest BCUT2D eigenvalue weighted by molar-refractivity contribution is 7.92. The van der Waals surface area contributed by atoms with Crippen molar-refractivity contribution in [2.75, 3.05) is 20.1 Å². The summed E-state index contributed by atoms with van der Waals surface area (Å²) in [5.74, 6) is 5.82. The molecule has 1 N–H and O–H groups in total. The average Bonchev–Trinajstić information content (AvgIpc) is 2.61. The molecule has 2 aromatic carbocycles. The van der Waals surface area contributed by atoms with Crippen LogP contribution in [0.1, 0.15) is 11.1 Å². The third-order valence-corrected chi connectivity index (χ3v) is 4.41. The highest BCUT2D eigenvalue weighted by Crippen LogP contribution is 2.03. The van der Waals surface area contributed by atoms with Crippen LogP contribution in [0.25, 0.3) is 6.08 Å². The summed E-state index contributed by atoms with van der Waals surface area (Å²) in [5, 5.41) is 1.16. The Hall–Kier alpha value is -2.39. The second-order valence-corrected chi connectivity index (χ2v) is 7.24. The van der Waals surface area contributed by atoms with E-state index < -0.39 is 10.0 Å². The van der Waals surface area contributed by atoms with Crippen molar-refractivity contribution in [2.45, 2.75) is 6.54 Å². The van der Waals surface area contributed by atoms with Crippen LogP contribution in [0.15, 0.2) is 66.1 Å². The van der Waals surface area contributed by atoms with Gasteiger partial charge in [0.05, 0.1) is 13.1 Å². The first kappa shape index (κ1) is 18.9. The first-order valence-electron chi connectivity index (χ1n) is 7.96. The van der Waals surface area contributed by atoms with Crippen LogP contribution >= 0.6 is 0 Å². The molecule has 4 nitrogen and oxygen atoms in total. The Morgan fingerprint density at radius 2 is 1.64 bits per heavy atom. The van der Waals surface area contributed by atoms with Gasteiger partial charge in [0, 0.05) is 12.0 Å². The fourth-order valence-electron chi connectivity index (χ4n) is 2.12. The van der Waals surface area contributed by atoms with Crippen LogP contribution in [0.5, 0.6) is 0 Å². The van der Waals surface area contributed by atoms with E-state index in [1.165, 1.54) is 5.56 Å². The van der Waals surface area contributed by atoms with E-state index in [-0.39, 0.29) is 6.54 Å². The van der Waals surface area contributed by atoms with Gasteiger partial charge in [0.1, 0.15) is 0 Å². The monoisotopic (exact) mass is 354 g/mol. The van der Waals surface area contributed by atoms with Gasteiger partial charge in [-0.05, 0) is 24.3 Å². The van der Waals surface area contributed by atoms with Crippen LogP contribution in [-0.2, 0) is 16.6 Å². The first-order valence-corrected chi connectivity index (χ1v) is 9.51. The summed E-state index contributed by atoms with van der Waals surface area (Å²) in [4.78, 5) is 2.08. The standard InChI is InChI=1S/C20H22N2O2S/c1-22(18-20-12-6-3-7-13-20)16-9-8-15-21-25(23,24)17-14-19-10-4-2-5-11-19/h2-7,10-14,17,21H,15-16,18H2,1H3. The minimum Gasteiger partial charge on any atom is -0.291 e. The zero-order chi connectivity index (χ0) is 18.0. The first-order chi connectivity index (χ1) is 12.1. The molecule has 0 saturated heterocycles. The second kappa shape index (κ2) is 9.80. The minimum absolute atomic E-state index is 0.0979. The molecule has 0 saturated carbocycles. The fourth-order valence-corrected chi connectivity index (χ4v) is 2.83. The number of hydrogen-bond donors (Lipinski definition) is 1. The van der Waals surface area contributed by atoms with E-state index in [4.69, 9.17) is 0 Å². The van der Waals surface area contributed by atoms with Crippen LogP contribution in [-0.4, -0.2) is 33.5 Å². The fraction of sp³-hybridized carbons (Fsp3) is 0.200. The van der Waals surface area contributed by atoms with Gasteiger partial charge in [0.15, 0.2) is 0 Å². The Kier molecular flexibility index (Phi) is 7.42. The van der Waals surface area contributed by atoms with Crippen LogP contribution in [0.2, 0.25) is 0 Å². The lowest BCUT2D eigenvalue weighted by molar-refractivity contribution is 0.369. The molecule has 0 bridgehead atoms. The predicted molar refractivity (Wildman–Crippen MR) is 103 cm³/mol. The molecule has 0 amide bonds. The molecule has 0 heterocycles. The van der Waals surface area contributed by atoms with Gasteiger partial charge in [-0.25, -0.2) is 8.42 Å². The topological polar surface area (TPSA) is 49.4 Å². The van der Waals surface area contributed by atoms with Crippen molar-refractivity contribution >= 4 is 16.1 Å². The molecule has 2 rings (SSSR count). The van der Waals surface area contributed by atoms with Gasteiger partial charge in [0.2, 0.25) is 10.0 Å². The van der Waals surface area contributed by atoms with Gasteiger partial charge >= 0.3 is 0 Å². The molecule has 0 aliphatic rings. The minimum atomic E-state index is -3.48. The molecule has 0 radical (unpaired) electrons. The van der Waals surface area contributed by atoms with Crippen LogP contribution in [0.3, 0.4) is 0 Å². The van der Waals surface area contributed by atoms with E-state index in [0.29, 0.717) is 6.54 Å². The SMILES string of the molecule is CN(CC#CCNS(=O)(=O)C=Cc1ccccc1)Cc1ccccc1. The van der Waals surface area contributed by atoms with Gasteiger partial charge in [0.25, 0.3) is 0 Å². The summed E-state index contributed by atoms with van der Waals surface area (Å²) in [6.07, 6.45) is 1.56. The highest BCUT2D eigenvalue weighted by Gasteiger charge is 2.02. The third kappa shape index (κ3) is 7.81. The van der Waals surface area contributed by atoms with Gasteiger partial charge < -0.3 is 0 Å². The Balaban J connectivity index is 1.74. The van der Waals surface area contributed by atoms with Crippen LogP contribution in [0, 0.1) is 11.8 Å². The lowest BCUT2D eigenvalue weighted by atomic mass is 10.2. The molecule has 25 heavy (non-hydrogen) atoms. The number of nitrogens with zero attached hydrogens (tertiary/aromatic N) is 1. The lowest BCUT2D eigenvalue weighted by Crippen LogP contribution is -2.22. The van der Waals surface area contributed by atoms with E-state index in [9.17, 15) is 8.42 Å². The molecule has 5 heteroatoms. The molecule has 130 valence electrons. The lowest BCUT2D eigenvalue weighted by Gasteiger charge is -2.12. The van der Waals surface area contributed by atoms with Gasteiger partial charge in [-0.2, -0.15) is 4.72 Å². The molecule has 0 spiro atoms. The van der Waals surface area contributed by atoms with E-state index >= 15 is 0 Å². The Morgan fingerprint density at radius 1 is 1.00 bits per heavy atom. The van der Waals surface area contributed by atoms with Crippen molar-refractivity contribution < 1.29 is 8.42 Å². The van der Waals surface area contributed by atoms with E-state index in [0.717, 1.165) is 17.5 Å². The molecule has 0 aromatic heterocycles. The van der Waals surface area contributed by atoms with Gasteiger partial charge in [-0.3, -0.25) is 4.90 Å². The maximum atomic E-state index is 11.9. The number of rotatable bonds is 7. The quantitative estimate of drug-likeness (QED) is 0.778. The van der Waals surface area contributed by atoms with Gasteiger partial charge in [-0.15, -0.1) is 0 Å². The van der Waals surface area contributed by atoms with Crippen molar-refractivity contribution in [3.05, 3.63) is 77.2 Å². The summed E-state index contributed by atoms with van der Waals surface area (Å²) in [6, 6.07) is 19.4. The Labute approximate surface area is 150 Å². The Bertz CT molecular complexity index is 836. The number of hydrogen-bond acceptors (Lipinski definition) is 3. The summed E-state index contributed by atoms with van der Waals surface area (Å²) in [7, 11) is -1.50. The van der Waals surface area contributed by atoms with Crippen molar-refractivity contribution in [1.29, 1.82) is 0 Å². The largest absolute Gasteiger partial charge is 0.291 e. The number of sulfonamides is 1. The molecule has 2 aromatic rings. The summed E-state index contributed by atoms with van der Waals surface area (Å²) < 4.78 is 26.2. The molecular formula is C20H22N2O2S. The zero-order valence-electron chi connectivity index (χ0n) is 14.2.